The molecule has 0 spiro atoms. The molecule has 0 bridgehead atoms. The van der Waals surface area contributed by atoms with Gasteiger partial charge in [-0.15, -0.1) is 0 Å². The molecule has 1 aromatic carbocycles. The first kappa shape index (κ1) is 23.5. The molecule has 0 radical (unpaired) electrons. The van der Waals surface area contributed by atoms with E-state index >= 15 is 0 Å². The molecule has 0 fully saturated rings. The maximum absolute atomic E-state index is 12.6. The molecular formula is C19H11F6N5O3. The van der Waals surface area contributed by atoms with E-state index in [4.69, 9.17) is 10.00 Å². The van der Waals surface area contributed by atoms with Gasteiger partial charge in [-0.1, -0.05) is 17.3 Å². The molecule has 0 unspecified atom stereocenters. The van der Waals surface area contributed by atoms with Crippen LogP contribution in [0.4, 0.5) is 26.3 Å². The summed E-state index contributed by atoms with van der Waals surface area (Å²) >= 11 is 0. The number of amides is 1. The highest BCUT2D eigenvalue weighted by molar-refractivity contribution is 5.95. The molecule has 33 heavy (non-hydrogen) atoms. The van der Waals surface area contributed by atoms with Crippen LogP contribution in [0.2, 0.25) is 0 Å². The molecule has 8 nitrogen and oxygen atoms in total. The second kappa shape index (κ2) is 9.15. The van der Waals surface area contributed by atoms with Crippen molar-refractivity contribution in [1.82, 2.24) is 20.4 Å². The number of aromatic nitrogens is 3. The number of pyridine rings is 1. The van der Waals surface area contributed by atoms with Crippen molar-refractivity contribution in [1.29, 1.82) is 5.26 Å². The maximum atomic E-state index is 12.6. The van der Waals surface area contributed by atoms with Gasteiger partial charge >= 0.3 is 12.4 Å². The quantitative estimate of drug-likeness (QED) is 0.543. The van der Waals surface area contributed by atoms with E-state index in [9.17, 15) is 31.1 Å². The zero-order chi connectivity index (χ0) is 24.2. The molecule has 2 aromatic heterocycles. The molecule has 14 heteroatoms. The summed E-state index contributed by atoms with van der Waals surface area (Å²) in [6.45, 7) is -2.17. The highest BCUT2D eigenvalue weighted by Gasteiger charge is 2.37. The third kappa shape index (κ3) is 6.19. The van der Waals surface area contributed by atoms with E-state index in [-0.39, 0.29) is 16.7 Å². The number of halogens is 6. The van der Waals surface area contributed by atoms with Gasteiger partial charge in [0, 0.05) is 11.8 Å². The SMILES string of the molecule is N#Cc1ccc(-c2cc(C(=O)NCc3nc(C(F)(F)F)no3)cnc2OCC(F)(F)F)cc1. The zero-order valence-corrected chi connectivity index (χ0v) is 16.2. The third-order valence-corrected chi connectivity index (χ3v) is 3.93. The number of alkyl halides is 6. The molecule has 0 aliphatic heterocycles. The lowest BCUT2D eigenvalue weighted by molar-refractivity contribution is -0.154. The second-order valence-corrected chi connectivity index (χ2v) is 6.36. The Kier molecular flexibility index (Phi) is 6.52. The summed E-state index contributed by atoms with van der Waals surface area (Å²) in [6.07, 6.45) is -8.53. The Hall–Kier alpha value is -4.15. The number of nitriles is 1. The van der Waals surface area contributed by atoms with E-state index in [2.05, 4.69) is 25.0 Å². The summed E-state index contributed by atoms with van der Waals surface area (Å²) in [5.41, 5.74) is 0.481. The molecule has 3 aromatic rings. The first-order chi connectivity index (χ1) is 15.5. The van der Waals surface area contributed by atoms with Gasteiger partial charge in [-0.05, 0) is 23.8 Å². The lowest BCUT2D eigenvalue weighted by atomic mass is 10.0. The fourth-order valence-electron chi connectivity index (χ4n) is 2.47. The van der Waals surface area contributed by atoms with Crippen LogP contribution in [0, 0.1) is 11.3 Å². The van der Waals surface area contributed by atoms with E-state index < -0.39 is 49.0 Å². The summed E-state index contributed by atoms with van der Waals surface area (Å²) in [5.74, 6) is -3.27. The van der Waals surface area contributed by atoms with Crippen molar-refractivity contribution in [3.8, 4) is 23.1 Å². The number of hydrogen-bond donors (Lipinski definition) is 1. The lowest BCUT2D eigenvalue weighted by Gasteiger charge is -2.13. The van der Waals surface area contributed by atoms with Crippen LogP contribution in [0.3, 0.4) is 0 Å². The van der Waals surface area contributed by atoms with Gasteiger partial charge in [-0.3, -0.25) is 4.79 Å². The number of benzene rings is 1. The largest absolute Gasteiger partial charge is 0.468 e. The van der Waals surface area contributed by atoms with Gasteiger partial charge in [0.25, 0.3) is 11.7 Å². The monoisotopic (exact) mass is 471 g/mol. The van der Waals surface area contributed by atoms with E-state index in [0.717, 1.165) is 6.20 Å². The number of ether oxygens (including phenoxy) is 1. The molecule has 1 N–H and O–H groups in total. The van der Waals surface area contributed by atoms with Crippen molar-refractivity contribution < 1.29 is 40.4 Å². The predicted octanol–water partition coefficient (Wildman–Crippen LogP) is 3.89. The Morgan fingerprint density at radius 2 is 1.85 bits per heavy atom. The van der Waals surface area contributed by atoms with Gasteiger partial charge in [-0.25, -0.2) is 4.98 Å². The fourth-order valence-corrected chi connectivity index (χ4v) is 2.47. The predicted molar refractivity (Wildman–Crippen MR) is 96.4 cm³/mol. The van der Waals surface area contributed by atoms with Crippen LogP contribution >= 0.6 is 0 Å². The summed E-state index contributed by atoms with van der Waals surface area (Å²) in [5, 5.41) is 13.9. The lowest BCUT2D eigenvalue weighted by Crippen LogP contribution is -2.24. The van der Waals surface area contributed by atoms with Gasteiger partial charge in [-0.2, -0.15) is 36.6 Å². The molecule has 0 saturated heterocycles. The third-order valence-electron chi connectivity index (χ3n) is 3.93. The highest BCUT2D eigenvalue weighted by atomic mass is 19.4. The van der Waals surface area contributed by atoms with Crippen LogP contribution in [0.25, 0.3) is 11.1 Å². The number of nitrogens with one attached hydrogen (secondary N) is 1. The van der Waals surface area contributed by atoms with Gasteiger partial charge in [0.15, 0.2) is 6.61 Å². The van der Waals surface area contributed by atoms with Gasteiger partial charge in [0.2, 0.25) is 11.8 Å². The normalized spacial score (nSPS) is 11.7. The maximum Gasteiger partial charge on any atom is 0.455 e. The average Bonchev–Trinajstić information content (AvgIpc) is 3.25. The molecule has 0 aliphatic rings. The van der Waals surface area contributed by atoms with Crippen molar-refractivity contribution in [2.24, 2.45) is 0 Å². The van der Waals surface area contributed by atoms with Crippen LogP contribution in [0.1, 0.15) is 27.6 Å². The van der Waals surface area contributed by atoms with Gasteiger partial charge in [0.1, 0.15) is 0 Å². The molecule has 172 valence electrons. The first-order valence-corrected chi connectivity index (χ1v) is 8.84. The van der Waals surface area contributed by atoms with Gasteiger partial charge in [0.05, 0.1) is 23.7 Å². The number of nitrogens with zero attached hydrogens (tertiary/aromatic N) is 4. The van der Waals surface area contributed by atoms with Crippen LogP contribution in [0.5, 0.6) is 5.88 Å². The first-order valence-electron chi connectivity index (χ1n) is 8.84. The van der Waals surface area contributed by atoms with Crippen molar-refractivity contribution in [3.63, 3.8) is 0 Å². The number of carbonyl (C=O) groups excluding carboxylic acids is 1. The minimum absolute atomic E-state index is 0.0218. The summed E-state index contributed by atoms with van der Waals surface area (Å²) in [6, 6.07) is 8.74. The van der Waals surface area contributed by atoms with E-state index in [1.165, 1.54) is 30.3 Å². The minimum atomic E-state index is -4.82. The Morgan fingerprint density at radius 3 is 2.42 bits per heavy atom. The number of carbonyl (C=O) groups is 1. The van der Waals surface area contributed by atoms with Crippen LogP contribution in [0.15, 0.2) is 41.1 Å². The standard InChI is InChI=1S/C19H11F6N5O3/c20-18(21,22)9-32-16-13(11-3-1-10(6-26)2-4-11)5-12(7-28-16)15(31)27-8-14-29-17(30-33-14)19(23,24)25/h1-5,7H,8-9H2,(H,27,31). The van der Waals surface area contributed by atoms with Crippen molar-refractivity contribution in [3.05, 3.63) is 59.4 Å². The van der Waals surface area contributed by atoms with Crippen molar-refractivity contribution in [2.45, 2.75) is 18.9 Å². The van der Waals surface area contributed by atoms with Crippen molar-refractivity contribution in [2.75, 3.05) is 6.61 Å². The molecular weight excluding hydrogens is 460 g/mol. The van der Waals surface area contributed by atoms with Crippen LogP contribution in [-0.4, -0.2) is 33.8 Å². The summed E-state index contributed by atoms with van der Waals surface area (Å²) < 4.78 is 84.4. The average molecular weight is 471 g/mol. The number of rotatable bonds is 6. The molecule has 0 saturated carbocycles. The van der Waals surface area contributed by atoms with Gasteiger partial charge < -0.3 is 14.6 Å². The second-order valence-electron chi connectivity index (χ2n) is 6.36. The summed E-state index contributed by atoms with van der Waals surface area (Å²) in [7, 11) is 0. The molecule has 2 heterocycles. The Bertz CT molecular complexity index is 1180. The topological polar surface area (TPSA) is 114 Å². The fraction of sp³-hybridized carbons (Fsp3) is 0.211. The van der Waals surface area contributed by atoms with E-state index in [0.29, 0.717) is 5.56 Å². The highest BCUT2D eigenvalue weighted by Crippen LogP contribution is 2.31. The summed E-state index contributed by atoms with van der Waals surface area (Å²) in [4.78, 5) is 19.3. The number of hydrogen-bond acceptors (Lipinski definition) is 7. The molecule has 3 rings (SSSR count). The molecule has 0 aliphatic carbocycles. The molecule has 0 atom stereocenters. The minimum Gasteiger partial charge on any atom is -0.468 e. The molecule has 1 amide bonds. The Labute approximate surface area is 180 Å². The van der Waals surface area contributed by atoms with Crippen LogP contribution < -0.4 is 10.1 Å². The smallest absolute Gasteiger partial charge is 0.455 e. The zero-order valence-electron chi connectivity index (χ0n) is 16.2. The van der Waals surface area contributed by atoms with E-state index in [1.54, 1.807) is 0 Å². The Morgan fingerprint density at radius 1 is 1.15 bits per heavy atom. The van der Waals surface area contributed by atoms with Crippen LogP contribution in [-0.2, 0) is 12.7 Å². The Balaban J connectivity index is 1.83. The van der Waals surface area contributed by atoms with Crippen molar-refractivity contribution >= 4 is 5.91 Å². The van der Waals surface area contributed by atoms with E-state index in [1.807, 2.05) is 6.07 Å².